The van der Waals surface area contributed by atoms with Crippen LogP contribution in [0.5, 0.6) is 0 Å². The molecule has 1 aromatic heterocycles. The Balaban J connectivity index is 1.52. The minimum Gasteiger partial charge on any atom is -0.388 e. The molecule has 0 bridgehead atoms. The van der Waals surface area contributed by atoms with Crippen molar-refractivity contribution in [3.8, 4) is 0 Å². The van der Waals surface area contributed by atoms with E-state index in [9.17, 15) is 5.11 Å². The summed E-state index contributed by atoms with van der Waals surface area (Å²) in [4.78, 5) is 6.52. The molecule has 0 saturated carbocycles. The second-order valence-corrected chi connectivity index (χ2v) is 5.78. The summed E-state index contributed by atoms with van der Waals surface area (Å²) in [5.74, 6) is 1.47. The summed E-state index contributed by atoms with van der Waals surface area (Å²) < 4.78 is 5.02. The van der Waals surface area contributed by atoms with Gasteiger partial charge in [-0.3, -0.25) is 4.90 Å². The summed E-state index contributed by atoms with van der Waals surface area (Å²) in [7, 11) is 0. The van der Waals surface area contributed by atoms with Gasteiger partial charge in [0.15, 0.2) is 5.82 Å². The molecule has 6 heteroatoms. The third kappa shape index (κ3) is 3.52. The van der Waals surface area contributed by atoms with Crippen LogP contribution in [0, 0.1) is 5.92 Å². The molecule has 0 aliphatic carbocycles. The van der Waals surface area contributed by atoms with E-state index in [4.69, 9.17) is 10.3 Å². The first-order chi connectivity index (χ1) is 10.8. The van der Waals surface area contributed by atoms with Gasteiger partial charge in [0, 0.05) is 0 Å². The molecule has 118 valence electrons. The molecule has 1 atom stereocenters. The van der Waals surface area contributed by atoms with Crippen LogP contribution < -0.4 is 5.73 Å². The summed E-state index contributed by atoms with van der Waals surface area (Å²) in [5.41, 5.74) is 6.47. The van der Waals surface area contributed by atoms with Crippen molar-refractivity contribution in [3.63, 3.8) is 0 Å². The van der Waals surface area contributed by atoms with E-state index in [1.54, 1.807) is 0 Å². The minimum absolute atomic E-state index is 0.276. The molecule has 3 N–H and O–H groups in total. The second-order valence-electron chi connectivity index (χ2n) is 5.78. The number of rotatable bonds is 5. The van der Waals surface area contributed by atoms with Crippen molar-refractivity contribution in [3.05, 3.63) is 47.6 Å². The van der Waals surface area contributed by atoms with Crippen molar-refractivity contribution in [2.24, 2.45) is 11.7 Å². The standard InChI is InChI=1S/C16H22N4O2/c17-10-15-18-14(19-22-15)11-20-8-6-13(7-9-20)16(21)12-4-2-1-3-5-12/h1-5,13,16,21H,6-11,17H2. The topological polar surface area (TPSA) is 88.4 Å². The van der Waals surface area contributed by atoms with Gasteiger partial charge in [-0.25, -0.2) is 0 Å². The van der Waals surface area contributed by atoms with Crippen molar-refractivity contribution in [1.29, 1.82) is 0 Å². The zero-order valence-corrected chi connectivity index (χ0v) is 12.6. The lowest BCUT2D eigenvalue weighted by molar-refractivity contribution is 0.0558. The van der Waals surface area contributed by atoms with Crippen molar-refractivity contribution in [2.45, 2.75) is 32.0 Å². The Labute approximate surface area is 129 Å². The van der Waals surface area contributed by atoms with Crippen molar-refractivity contribution < 1.29 is 9.63 Å². The molecule has 1 aliphatic rings. The molecule has 1 fully saturated rings. The maximum atomic E-state index is 10.5. The van der Waals surface area contributed by atoms with Gasteiger partial charge in [0.05, 0.1) is 19.2 Å². The number of benzene rings is 1. The number of nitrogens with zero attached hydrogens (tertiary/aromatic N) is 3. The summed E-state index contributed by atoms with van der Waals surface area (Å²) >= 11 is 0. The molecule has 1 aromatic carbocycles. The maximum Gasteiger partial charge on any atom is 0.240 e. The SMILES string of the molecule is NCc1nc(CN2CCC(C(O)c3ccccc3)CC2)no1. The Kier molecular flexibility index (Phi) is 4.82. The van der Waals surface area contributed by atoms with Crippen LogP contribution in [0.4, 0.5) is 0 Å². The first-order valence-electron chi connectivity index (χ1n) is 7.73. The molecule has 3 rings (SSSR count). The van der Waals surface area contributed by atoms with Gasteiger partial charge in [0.2, 0.25) is 5.89 Å². The molecule has 6 nitrogen and oxygen atoms in total. The average molecular weight is 302 g/mol. The first kappa shape index (κ1) is 15.1. The fourth-order valence-corrected chi connectivity index (χ4v) is 2.99. The van der Waals surface area contributed by atoms with Gasteiger partial charge in [-0.15, -0.1) is 0 Å². The van der Waals surface area contributed by atoms with E-state index in [-0.39, 0.29) is 12.6 Å². The Hall–Kier alpha value is -1.76. The van der Waals surface area contributed by atoms with Crippen LogP contribution in [0.2, 0.25) is 0 Å². The van der Waals surface area contributed by atoms with E-state index in [2.05, 4.69) is 15.0 Å². The Morgan fingerprint density at radius 2 is 2.00 bits per heavy atom. The summed E-state index contributed by atoms with van der Waals surface area (Å²) in [6.07, 6.45) is 1.56. The van der Waals surface area contributed by atoms with Crippen LogP contribution in [0.1, 0.15) is 36.2 Å². The lowest BCUT2D eigenvalue weighted by Crippen LogP contribution is -2.35. The first-order valence-corrected chi connectivity index (χ1v) is 7.73. The third-order valence-electron chi connectivity index (χ3n) is 4.27. The number of hydrogen-bond donors (Lipinski definition) is 2. The van der Waals surface area contributed by atoms with Gasteiger partial charge in [-0.2, -0.15) is 4.98 Å². The van der Waals surface area contributed by atoms with Crippen molar-refractivity contribution >= 4 is 0 Å². The molecule has 1 aliphatic heterocycles. The van der Waals surface area contributed by atoms with Gasteiger partial charge < -0.3 is 15.4 Å². The lowest BCUT2D eigenvalue weighted by Gasteiger charge is -2.33. The van der Waals surface area contributed by atoms with E-state index in [1.807, 2.05) is 30.3 Å². The highest BCUT2D eigenvalue weighted by atomic mass is 16.5. The van der Waals surface area contributed by atoms with Crippen LogP contribution in [-0.2, 0) is 13.1 Å². The fraction of sp³-hybridized carbons (Fsp3) is 0.500. The van der Waals surface area contributed by atoms with Crippen molar-refractivity contribution in [2.75, 3.05) is 13.1 Å². The number of nitrogens with two attached hydrogens (primary N) is 1. The van der Waals surface area contributed by atoms with E-state index >= 15 is 0 Å². The summed E-state index contributed by atoms with van der Waals surface area (Å²) in [6.45, 7) is 2.82. The molecule has 1 unspecified atom stereocenters. The molecule has 22 heavy (non-hydrogen) atoms. The zero-order chi connectivity index (χ0) is 15.4. The molecule has 0 amide bonds. The largest absolute Gasteiger partial charge is 0.388 e. The maximum absolute atomic E-state index is 10.5. The Morgan fingerprint density at radius 1 is 1.27 bits per heavy atom. The van der Waals surface area contributed by atoms with E-state index in [0.29, 0.717) is 24.2 Å². The average Bonchev–Trinajstić information content (AvgIpc) is 3.03. The molecular weight excluding hydrogens is 280 g/mol. The highest BCUT2D eigenvalue weighted by molar-refractivity contribution is 5.18. The number of aliphatic hydroxyl groups excluding tert-OH is 1. The van der Waals surface area contributed by atoms with Crippen LogP contribution >= 0.6 is 0 Å². The van der Waals surface area contributed by atoms with E-state index in [0.717, 1.165) is 31.5 Å². The summed E-state index contributed by atoms with van der Waals surface area (Å²) in [6, 6.07) is 9.90. The summed E-state index contributed by atoms with van der Waals surface area (Å²) in [5, 5.41) is 14.4. The van der Waals surface area contributed by atoms with Gasteiger partial charge in [-0.05, 0) is 37.4 Å². The second kappa shape index (κ2) is 7.00. The Bertz CT molecular complexity index is 579. The van der Waals surface area contributed by atoms with Crippen molar-refractivity contribution in [1.82, 2.24) is 15.0 Å². The van der Waals surface area contributed by atoms with Gasteiger partial charge in [0.1, 0.15) is 0 Å². The number of hydrogen-bond acceptors (Lipinski definition) is 6. The Morgan fingerprint density at radius 3 is 2.64 bits per heavy atom. The number of aliphatic hydroxyl groups is 1. The van der Waals surface area contributed by atoms with Crippen LogP contribution in [0.25, 0.3) is 0 Å². The number of piperidine rings is 1. The zero-order valence-electron chi connectivity index (χ0n) is 12.6. The predicted octanol–water partition coefficient (Wildman–Crippen LogP) is 1.47. The normalized spacial score (nSPS) is 18.5. The lowest BCUT2D eigenvalue weighted by atomic mass is 9.87. The van der Waals surface area contributed by atoms with Crippen LogP contribution in [0.3, 0.4) is 0 Å². The fourth-order valence-electron chi connectivity index (χ4n) is 2.99. The number of likely N-dealkylation sites (tertiary alicyclic amines) is 1. The van der Waals surface area contributed by atoms with Gasteiger partial charge in [0.25, 0.3) is 0 Å². The third-order valence-corrected chi connectivity index (χ3v) is 4.27. The molecule has 2 heterocycles. The predicted molar refractivity (Wildman–Crippen MR) is 81.6 cm³/mol. The highest BCUT2D eigenvalue weighted by Gasteiger charge is 2.26. The smallest absolute Gasteiger partial charge is 0.240 e. The van der Waals surface area contributed by atoms with Gasteiger partial charge in [-0.1, -0.05) is 35.5 Å². The quantitative estimate of drug-likeness (QED) is 0.869. The van der Waals surface area contributed by atoms with E-state index < -0.39 is 0 Å². The molecule has 0 radical (unpaired) electrons. The molecule has 0 spiro atoms. The molecule has 2 aromatic rings. The number of aromatic nitrogens is 2. The monoisotopic (exact) mass is 302 g/mol. The van der Waals surface area contributed by atoms with Crippen LogP contribution in [0.15, 0.2) is 34.9 Å². The van der Waals surface area contributed by atoms with Crippen LogP contribution in [-0.4, -0.2) is 33.2 Å². The molecule has 1 saturated heterocycles. The highest BCUT2D eigenvalue weighted by Crippen LogP contribution is 2.30. The molecular formula is C16H22N4O2. The minimum atomic E-state index is -0.377. The van der Waals surface area contributed by atoms with Gasteiger partial charge >= 0.3 is 0 Å². The van der Waals surface area contributed by atoms with E-state index in [1.165, 1.54) is 0 Å².